The molecule has 2 aromatic carbocycles. The SMILES string of the molecule is CN=C(NCc1cccc(NC(=O)CN(C)C)c1)N(C)Cc1ccccc1Cl. The van der Waals surface area contributed by atoms with Gasteiger partial charge in [0.1, 0.15) is 0 Å². The third-order valence-corrected chi connectivity index (χ3v) is 4.43. The van der Waals surface area contributed by atoms with E-state index in [1.807, 2.05) is 79.5 Å². The summed E-state index contributed by atoms with van der Waals surface area (Å²) in [5.74, 6) is 0.729. The maximum Gasteiger partial charge on any atom is 0.238 e. The summed E-state index contributed by atoms with van der Waals surface area (Å²) in [6.07, 6.45) is 0. The number of rotatable bonds is 7. The van der Waals surface area contributed by atoms with Crippen molar-refractivity contribution in [2.75, 3.05) is 40.1 Å². The lowest BCUT2D eigenvalue weighted by molar-refractivity contribution is -0.116. The van der Waals surface area contributed by atoms with Gasteiger partial charge in [-0.2, -0.15) is 0 Å². The topological polar surface area (TPSA) is 60.0 Å². The van der Waals surface area contributed by atoms with Crippen molar-refractivity contribution in [2.24, 2.45) is 4.99 Å². The lowest BCUT2D eigenvalue weighted by atomic mass is 10.2. The average Bonchev–Trinajstić information content (AvgIpc) is 2.63. The summed E-state index contributed by atoms with van der Waals surface area (Å²) in [6.45, 7) is 1.60. The Morgan fingerprint density at radius 2 is 1.86 bits per heavy atom. The third-order valence-electron chi connectivity index (χ3n) is 4.06. The highest BCUT2D eigenvalue weighted by atomic mass is 35.5. The minimum absolute atomic E-state index is 0.0367. The number of benzene rings is 2. The van der Waals surface area contributed by atoms with E-state index in [1.165, 1.54) is 0 Å². The van der Waals surface area contributed by atoms with Gasteiger partial charge in [0.25, 0.3) is 0 Å². The molecule has 2 N–H and O–H groups in total. The van der Waals surface area contributed by atoms with Crippen molar-refractivity contribution in [3.05, 3.63) is 64.7 Å². The Bertz CT molecular complexity index is 822. The first-order valence-electron chi connectivity index (χ1n) is 9.07. The van der Waals surface area contributed by atoms with Gasteiger partial charge in [0, 0.05) is 37.9 Å². The predicted octanol–water partition coefficient (Wildman–Crippen LogP) is 3.05. The summed E-state index contributed by atoms with van der Waals surface area (Å²) in [5, 5.41) is 7.00. The number of amides is 1. The van der Waals surface area contributed by atoms with E-state index in [1.54, 1.807) is 7.05 Å². The number of halogens is 1. The zero-order valence-corrected chi connectivity index (χ0v) is 17.6. The van der Waals surface area contributed by atoms with Crippen molar-refractivity contribution < 1.29 is 4.79 Å². The maximum absolute atomic E-state index is 11.9. The molecule has 6 nitrogen and oxygen atoms in total. The number of nitrogens with one attached hydrogen (secondary N) is 2. The first-order valence-corrected chi connectivity index (χ1v) is 9.45. The summed E-state index contributed by atoms with van der Waals surface area (Å²) < 4.78 is 0. The van der Waals surface area contributed by atoms with Crippen LogP contribution in [0.4, 0.5) is 5.69 Å². The van der Waals surface area contributed by atoms with Crippen LogP contribution in [0.25, 0.3) is 0 Å². The van der Waals surface area contributed by atoms with Gasteiger partial charge in [-0.25, -0.2) is 0 Å². The van der Waals surface area contributed by atoms with Crippen molar-refractivity contribution in [1.82, 2.24) is 15.1 Å². The molecule has 0 aliphatic carbocycles. The van der Waals surface area contributed by atoms with Gasteiger partial charge in [-0.1, -0.05) is 41.9 Å². The van der Waals surface area contributed by atoms with E-state index in [4.69, 9.17) is 11.6 Å². The molecule has 0 aromatic heterocycles. The largest absolute Gasteiger partial charge is 0.352 e. The Balaban J connectivity index is 1.95. The lowest BCUT2D eigenvalue weighted by Gasteiger charge is -2.23. The molecule has 0 spiro atoms. The molecule has 0 heterocycles. The monoisotopic (exact) mass is 401 g/mol. The van der Waals surface area contributed by atoms with Crippen molar-refractivity contribution in [2.45, 2.75) is 13.1 Å². The number of likely N-dealkylation sites (N-methyl/N-ethyl adjacent to an activating group) is 1. The summed E-state index contributed by atoms with van der Waals surface area (Å²) >= 11 is 6.26. The van der Waals surface area contributed by atoms with E-state index in [0.717, 1.165) is 27.8 Å². The van der Waals surface area contributed by atoms with Crippen LogP contribution < -0.4 is 10.6 Å². The van der Waals surface area contributed by atoms with E-state index >= 15 is 0 Å². The molecule has 0 saturated carbocycles. The number of hydrogen-bond donors (Lipinski definition) is 2. The van der Waals surface area contributed by atoms with Crippen molar-refractivity contribution in [3.8, 4) is 0 Å². The number of anilines is 1. The Hall–Kier alpha value is -2.57. The number of aliphatic imine (C=N–C) groups is 1. The van der Waals surface area contributed by atoms with Crippen LogP contribution in [0.3, 0.4) is 0 Å². The lowest BCUT2D eigenvalue weighted by Crippen LogP contribution is -2.38. The minimum Gasteiger partial charge on any atom is -0.352 e. The summed E-state index contributed by atoms with van der Waals surface area (Å²) in [6, 6.07) is 15.6. The summed E-state index contributed by atoms with van der Waals surface area (Å²) in [4.78, 5) is 20.1. The van der Waals surface area contributed by atoms with E-state index in [-0.39, 0.29) is 5.91 Å². The average molecular weight is 402 g/mol. The van der Waals surface area contributed by atoms with Crippen molar-refractivity contribution >= 4 is 29.2 Å². The van der Waals surface area contributed by atoms with E-state index < -0.39 is 0 Å². The highest BCUT2D eigenvalue weighted by Crippen LogP contribution is 2.16. The molecule has 0 aliphatic rings. The molecule has 7 heteroatoms. The molecule has 0 fully saturated rings. The molecule has 28 heavy (non-hydrogen) atoms. The third kappa shape index (κ3) is 6.87. The molecular weight excluding hydrogens is 374 g/mol. The summed E-state index contributed by atoms with van der Waals surface area (Å²) in [7, 11) is 7.45. The Kier molecular flexibility index (Phi) is 8.29. The second kappa shape index (κ2) is 10.7. The van der Waals surface area contributed by atoms with Crippen LogP contribution >= 0.6 is 11.6 Å². The molecule has 0 bridgehead atoms. The highest BCUT2D eigenvalue weighted by molar-refractivity contribution is 6.31. The molecule has 2 rings (SSSR count). The molecule has 0 saturated heterocycles. The van der Waals surface area contributed by atoms with Crippen LogP contribution in [0.5, 0.6) is 0 Å². The standard InChI is InChI=1S/C21H28ClN5O/c1-23-21(27(4)14-17-9-5-6-11-19(17)22)24-13-16-8-7-10-18(12-16)25-20(28)15-26(2)3/h5-12H,13-15H2,1-4H3,(H,23,24)(H,25,28). The zero-order valence-electron chi connectivity index (χ0n) is 16.9. The second-order valence-electron chi connectivity index (χ2n) is 6.83. The van der Waals surface area contributed by atoms with Crippen LogP contribution in [0.2, 0.25) is 5.02 Å². The first kappa shape index (κ1) is 21.7. The van der Waals surface area contributed by atoms with E-state index in [0.29, 0.717) is 19.6 Å². The molecule has 0 aliphatic heterocycles. The predicted molar refractivity (Wildman–Crippen MR) is 117 cm³/mol. The molecule has 1 amide bonds. The molecule has 150 valence electrons. The van der Waals surface area contributed by atoms with Crippen molar-refractivity contribution in [1.29, 1.82) is 0 Å². The fraction of sp³-hybridized carbons (Fsp3) is 0.333. The molecule has 0 unspecified atom stereocenters. The van der Waals surface area contributed by atoms with Crippen LogP contribution in [0.15, 0.2) is 53.5 Å². The zero-order chi connectivity index (χ0) is 20.5. The summed E-state index contributed by atoms with van der Waals surface area (Å²) in [5.41, 5.74) is 2.88. The molecule has 0 radical (unpaired) electrons. The van der Waals surface area contributed by atoms with Gasteiger partial charge in [-0.3, -0.25) is 9.79 Å². The van der Waals surface area contributed by atoms with E-state index in [2.05, 4.69) is 15.6 Å². The van der Waals surface area contributed by atoms with Gasteiger partial charge < -0.3 is 20.4 Å². The van der Waals surface area contributed by atoms with Gasteiger partial charge in [-0.05, 0) is 43.4 Å². The van der Waals surface area contributed by atoms with Gasteiger partial charge in [0.05, 0.1) is 6.54 Å². The van der Waals surface area contributed by atoms with E-state index in [9.17, 15) is 4.79 Å². The van der Waals surface area contributed by atoms with Crippen LogP contribution in [0, 0.1) is 0 Å². The number of carbonyl (C=O) groups is 1. The Labute approximate surface area is 172 Å². The number of carbonyl (C=O) groups excluding carboxylic acids is 1. The first-order chi connectivity index (χ1) is 13.4. The van der Waals surface area contributed by atoms with Crippen LogP contribution in [-0.2, 0) is 17.9 Å². The molecule has 2 aromatic rings. The van der Waals surface area contributed by atoms with Crippen LogP contribution in [0.1, 0.15) is 11.1 Å². The van der Waals surface area contributed by atoms with Gasteiger partial charge in [0.15, 0.2) is 5.96 Å². The van der Waals surface area contributed by atoms with Gasteiger partial charge in [0.2, 0.25) is 5.91 Å². The number of guanidine groups is 1. The maximum atomic E-state index is 11.9. The van der Waals surface area contributed by atoms with Crippen molar-refractivity contribution in [3.63, 3.8) is 0 Å². The molecular formula is C21H28ClN5O. The molecule has 0 atom stereocenters. The smallest absolute Gasteiger partial charge is 0.238 e. The van der Waals surface area contributed by atoms with Gasteiger partial charge >= 0.3 is 0 Å². The Morgan fingerprint density at radius 3 is 2.54 bits per heavy atom. The van der Waals surface area contributed by atoms with Gasteiger partial charge in [-0.15, -0.1) is 0 Å². The number of hydrogen-bond acceptors (Lipinski definition) is 3. The fourth-order valence-electron chi connectivity index (χ4n) is 2.77. The minimum atomic E-state index is -0.0367. The second-order valence-corrected chi connectivity index (χ2v) is 7.24. The highest BCUT2D eigenvalue weighted by Gasteiger charge is 2.09. The van der Waals surface area contributed by atoms with Crippen LogP contribution in [-0.4, -0.2) is 56.4 Å². The Morgan fingerprint density at radius 1 is 1.11 bits per heavy atom. The normalized spacial score (nSPS) is 11.4. The quantitative estimate of drug-likeness (QED) is 0.553. The fourth-order valence-corrected chi connectivity index (χ4v) is 2.97. The number of nitrogens with zero attached hydrogens (tertiary/aromatic N) is 3.